The minimum atomic E-state index is 0.907. The Morgan fingerprint density at radius 1 is 0.882 bits per heavy atom. The summed E-state index contributed by atoms with van der Waals surface area (Å²) in [6.07, 6.45) is 8.28. The lowest BCUT2D eigenvalue weighted by Gasteiger charge is -2.29. The second-order valence-corrected chi connectivity index (χ2v) is 5.65. The van der Waals surface area contributed by atoms with Crippen LogP contribution in [0.15, 0.2) is 25.3 Å². The van der Waals surface area contributed by atoms with E-state index in [2.05, 4.69) is 23.8 Å². The van der Waals surface area contributed by atoms with E-state index >= 15 is 0 Å². The molecule has 0 amide bonds. The molecule has 0 heterocycles. The Hall–Kier alpha value is -0.600. The largest absolute Gasteiger partial charge is 0.313 e. The van der Waals surface area contributed by atoms with Gasteiger partial charge in [0.25, 0.3) is 0 Å². The number of hydrogen-bond donors (Lipinski definition) is 2. The van der Waals surface area contributed by atoms with Gasteiger partial charge in [-0.15, -0.1) is 13.2 Å². The molecule has 0 aromatic rings. The zero-order chi connectivity index (χ0) is 12.1. The highest BCUT2D eigenvalue weighted by Gasteiger charge is 2.45. The summed E-state index contributed by atoms with van der Waals surface area (Å²) in [7, 11) is 0. The summed E-state index contributed by atoms with van der Waals surface area (Å²) >= 11 is 0. The van der Waals surface area contributed by atoms with Crippen molar-refractivity contribution in [2.75, 3.05) is 26.2 Å². The van der Waals surface area contributed by atoms with Crippen LogP contribution >= 0.6 is 0 Å². The van der Waals surface area contributed by atoms with E-state index in [1.54, 1.807) is 0 Å². The van der Waals surface area contributed by atoms with Gasteiger partial charge in [-0.25, -0.2) is 0 Å². The Labute approximate surface area is 106 Å². The summed E-state index contributed by atoms with van der Waals surface area (Å²) in [5.74, 6) is 3.77. The fourth-order valence-electron chi connectivity index (χ4n) is 3.86. The van der Waals surface area contributed by atoms with Crippen LogP contribution in [0, 0.1) is 23.7 Å². The van der Waals surface area contributed by atoms with E-state index < -0.39 is 0 Å². The molecule has 2 heteroatoms. The predicted molar refractivity (Wildman–Crippen MR) is 73.9 cm³/mol. The Balaban J connectivity index is 1.74. The summed E-state index contributed by atoms with van der Waals surface area (Å²) in [4.78, 5) is 0. The highest BCUT2D eigenvalue weighted by molar-refractivity contribution is 4.97. The molecule has 2 saturated carbocycles. The Morgan fingerprint density at radius 2 is 1.41 bits per heavy atom. The van der Waals surface area contributed by atoms with Crippen LogP contribution in [0.4, 0.5) is 0 Å². The Kier molecular flexibility index (Phi) is 4.81. The molecule has 96 valence electrons. The molecule has 2 unspecified atom stereocenters. The van der Waals surface area contributed by atoms with Crippen LogP contribution < -0.4 is 10.6 Å². The fraction of sp³-hybridized carbons (Fsp3) is 0.733. The standard InChI is InChI=1S/C15H26N2/c1-3-5-16-10-13-7-12-8-14(15(13)9-12)11-17-6-4-2/h3-4,12-17H,1-2,5-11H2. The van der Waals surface area contributed by atoms with Crippen molar-refractivity contribution in [3.05, 3.63) is 25.3 Å². The van der Waals surface area contributed by atoms with E-state index in [0.29, 0.717) is 0 Å². The number of nitrogens with one attached hydrogen (secondary N) is 2. The van der Waals surface area contributed by atoms with E-state index in [0.717, 1.165) is 36.8 Å². The smallest absolute Gasteiger partial charge is 0.0132 e. The lowest BCUT2D eigenvalue weighted by atomic mass is 9.80. The van der Waals surface area contributed by atoms with E-state index in [-0.39, 0.29) is 0 Å². The van der Waals surface area contributed by atoms with Crippen molar-refractivity contribution in [3.8, 4) is 0 Å². The van der Waals surface area contributed by atoms with Crippen molar-refractivity contribution in [1.82, 2.24) is 10.6 Å². The molecular weight excluding hydrogens is 208 g/mol. The van der Waals surface area contributed by atoms with E-state index in [9.17, 15) is 0 Å². The van der Waals surface area contributed by atoms with Gasteiger partial charge >= 0.3 is 0 Å². The van der Waals surface area contributed by atoms with Crippen LogP contribution in [0.1, 0.15) is 19.3 Å². The SMILES string of the molecule is C=CCNCC1CC2CC(CNCC=C)C1C2. The van der Waals surface area contributed by atoms with Gasteiger partial charge in [0.1, 0.15) is 0 Å². The van der Waals surface area contributed by atoms with E-state index in [4.69, 9.17) is 0 Å². The summed E-state index contributed by atoms with van der Waals surface area (Å²) in [5.41, 5.74) is 0. The zero-order valence-electron chi connectivity index (χ0n) is 10.8. The summed E-state index contributed by atoms with van der Waals surface area (Å²) < 4.78 is 0. The monoisotopic (exact) mass is 234 g/mol. The van der Waals surface area contributed by atoms with Crippen LogP contribution in [-0.4, -0.2) is 26.2 Å². The highest BCUT2D eigenvalue weighted by Crippen LogP contribution is 2.51. The number of hydrogen-bond acceptors (Lipinski definition) is 2. The molecule has 2 N–H and O–H groups in total. The molecule has 2 atom stereocenters. The average molecular weight is 234 g/mol. The molecule has 0 saturated heterocycles. The van der Waals surface area contributed by atoms with Gasteiger partial charge in [-0.1, -0.05) is 12.2 Å². The van der Waals surface area contributed by atoms with Crippen LogP contribution in [0.5, 0.6) is 0 Å². The van der Waals surface area contributed by atoms with Gasteiger partial charge in [-0.05, 0) is 56.0 Å². The molecule has 17 heavy (non-hydrogen) atoms. The van der Waals surface area contributed by atoms with Gasteiger partial charge in [0.2, 0.25) is 0 Å². The van der Waals surface area contributed by atoms with Gasteiger partial charge in [-0.2, -0.15) is 0 Å². The van der Waals surface area contributed by atoms with Crippen LogP contribution in [0.25, 0.3) is 0 Å². The first-order chi connectivity index (χ1) is 8.35. The minimum absolute atomic E-state index is 0.907. The predicted octanol–water partition coefficient (Wildman–Crippen LogP) is 2.20. The van der Waals surface area contributed by atoms with Crippen LogP contribution in [0.2, 0.25) is 0 Å². The number of fused-ring (bicyclic) bond motifs is 2. The Morgan fingerprint density at radius 3 is 1.82 bits per heavy atom. The molecule has 0 spiro atoms. The van der Waals surface area contributed by atoms with Crippen molar-refractivity contribution in [1.29, 1.82) is 0 Å². The van der Waals surface area contributed by atoms with Gasteiger partial charge in [-0.3, -0.25) is 0 Å². The van der Waals surface area contributed by atoms with Gasteiger partial charge in [0, 0.05) is 13.1 Å². The molecule has 0 aliphatic heterocycles. The van der Waals surface area contributed by atoms with Crippen molar-refractivity contribution in [2.24, 2.45) is 23.7 Å². The van der Waals surface area contributed by atoms with Crippen molar-refractivity contribution >= 4 is 0 Å². The summed E-state index contributed by atoms with van der Waals surface area (Å²) in [6, 6.07) is 0. The molecule has 0 aromatic heterocycles. The first kappa shape index (κ1) is 12.8. The van der Waals surface area contributed by atoms with Crippen molar-refractivity contribution < 1.29 is 0 Å². The number of rotatable bonds is 8. The first-order valence-electron chi connectivity index (χ1n) is 6.98. The van der Waals surface area contributed by atoms with Crippen LogP contribution in [-0.2, 0) is 0 Å². The molecular formula is C15H26N2. The third-order valence-electron chi connectivity index (χ3n) is 4.48. The van der Waals surface area contributed by atoms with Gasteiger partial charge < -0.3 is 10.6 Å². The second kappa shape index (κ2) is 6.36. The molecule has 2 fully saturated rings. The second-order valence-electron chi connectivity index (χ2n) is 5.65. The average Bonchev–Trinajstić information content (AvgIpc) is 2.89. The maximum absolute atomic E-state index is 3.76. The molecule has 2 rings (SSSR count). The van der Waals surface area contributed by atoms with Crippen LogP contribution in [0.3, 0.4) is 0 Å². The van der Waals surface area contributed by atoms with Gasteiger partial charge in [0.15, 0.2) is 0 Å². The molecule has 0 aromatic carbocycles. The zero-order valence-corrected chi connectivity index (χ0v) is 10.8. The highest BCUT2D eigenvalue weighted by atomic mass is 14.9. The third-order valence-corrected chi connectivity index (χ3v) is 4.48. The molecule has 2 aliphatic carbocycles. The molecule has 2 bridgehead atoms. The van der Waals surface area contributed by atoms with E-state index in [1.807, 2.05) is 12.2 Å². The molecule has 2 aliphatic rings. The lowest BCUT2D eigenvalue weighted by Crippen LogP contribution is -2.34. The van der Waals surface area contributed by atoms with Crippen molar-refractivity contribution in [3.63, 3.8) is 0 Å². The Bertz CT molecular complexity index is 238. The third kappa shape index (κ3) is 3.20. The summed E-state index contributed by atoms with van der Waals surface area (Å²) in [6.45, 7) is 11.8. The minimum Gasteiger partial charge on any atom is -0.313 e. The molecule has 0 radical (unpaired) electrons. The van der Waals surface area contributed by atoms with Crippen molar-refractivity contribution in [2.45, 2.75) is 19.3 Å². The topological polar surface area (TPSA) is 24.1 Å². The normalized spacial score (nSPS) is 35.1. The first-order valence-corrected chi connectivity index (χ1v) is 6.98. The quantitative estimate of drug-likeness (QED) is 0.497. The summed E-state index contributed by atoms with van der Waals surface area (Å²) in [5, 5.41) is 6.99. The fourth-order valence-corrected chi connectivity index (χ4v) is 3.86. The maximum atomic E-state index is 3.76. The molecule has 2 nitrogen and oxygen atoms in total. The van der Waals surface area contributed by atoms with Gasteiger partial charge in [0.05, 0.1) is 0 Å². The lowest BCUT2D eigenvalue weighted by molar-refractivity contribution is 0.229. The van der Waals surface area contributed by atoms with E-state index in [1.165, 1.54) is 32.4 Å². The maximum Gasteiger partial charge on any atom is 0.0132 e.